The van der Waals surface area contributed by atoms with Gasteiger partial charge in [0.1, 0.15) is 0 Å². The zero-order valence-electron chi connectivity index (χ0n) is 16.8. The van der Waals surface area contributed by atoms with Crippen LogP contribution >= 0.6 is 23.2 Å². The molecule has 0 unspecified atom stereocenters. The van der Waals surface area contributed by atoms with Crippen LogP contribution in [0.5, 0.6) is 0 Å². The average molecular weight is 465 g/mol. The van der Waals surface area contributed by atoms with E-state index in [0.717, 1.165) is 5.56 Å². The van der Waals surface area contributed by atoms with Crippen LogP contribution in [-0.4, -0.2) is 46.2 Å². The van der Waals surface area contributed by atoms with Gasteiger partial charge in [-0.15, -0.1) is 0 Å². The van der Waals surface area contributed by atoms with Crippen LogP contribution in [0.1, 0.15) is 24.0 Å². The van der Waals surface area contributed by atoms with Gasteiger partial charge >= 0.3 is 18.0 Å². The first kappa shape index (κ1) is 22.9. The van der Waals surface area contributed by atoms with Crippen molar-refractivity contribution in [1.82, 2.24) is 4.90 Å². The Balaban J connectivity index is 2.02. The lowest BCUT2D eigenvalue weighted by Crippen LogP contribution is -2.59. The number of aryl methyl sites for hydroxylation is 1. The van der Waals surface area contributed by atoms with Gasteiger partial charge in [0.15, 0.2) is 0 Å². The van der Waals surface area contributed by atoms with Crippen molar-refractivity contribution in [1.29, 1.82) is 0 Å². The maximum Gasteiger partial charge on any atom is 0.324 e. The quantitative estimate of drug-likeness (QED) is 0.619. The Morgan fingerprint density at radius 2 is 1.61 bits per heavy atom. The van der Waals surface area contributed by atoms with Gasteiger partial charge in [-0.3, -0.25) is 14.5 Å². The molecule has 0 bridgehead atoms. The van der Waals surface area contributed by atoms with Crippen molar-refractivity contribution in [3.63, 3.8) is 0 Å². The molecule has 2 aromatic rings. The molecule has 0 aromatic heterocycles. The third-order valence-electron chi connectivity index (χ3n) is 5.30. The Labute approximate surface area is 189 Å². The molecule has 1 aliphatic rings. The van der Waals surface area contributed by atoms with Crippen LogP contribution in [0.25, 0.3) is 0 Å². The summed E-state index contributed by atoms with van der Waals surface area (Å²) in [7, 11) is 0. The minimum absolute atomic E-state index is 0.0155. The second kappa shape index (κ2) is 9.16. The first-order valence-corrected chi connectivity index (χ1v) is 10.3. The van der Waals surface area contributed by atoms with E-state index in [4.69, 9.17) is 23.2 Å². The van der Waals surface area contributed by atoms with E-state index in [2.05, 4.69) is 0 Å². The van der Waals surface area contributed by atoms with Crippen LogP contribution in [0, 0.1) is 12.3 Å². The molecule has 2 N–H and O–H groups in total. The number of carbonyl (C=O) groups is 3. The number of urea groups is 1. The van der Waals surface area contributed by atoms with E-state index in [0.29, 0.717) is 21.3 Å². The van der Waals surface area contributed by atoms with Crippen LogP contribution in [0.15, 0.2) is 42.5 Å². The lowest BCUT2D eigenvalue weighted by atomic mass is 9.78. The first-order valence-electron chi connectivity index (χ1n) is 9.59. The summed E-state index contributed by atoms with van der Waals surface area (Å²) < 4.78 is 0. The van der Waals surface area contributed by atoms with Crippen molar-refractivity contribution in [2.45, 2.75) is 26.3 Å². The molecule has 9 heteroatoms. The number of halogens is 2. The lowest BCUT2D eigenvalue weighted by molar-refractivity contribution is -0.144. The Morgan fingerprint density at radius 3 is 2.16 bits per heavy atom. The van der Waals surface area contributed by atoms with E-state index in [9.17, 15) is 24.6 Å². The summed E-state index contributed by atoms with van der Waals surface area (Å²) in [5.74, 6) is -2.24. The molecule has 0 atom stereocenters. The van der Waals surface area contributed by atoms with Crippen LogP contribution in [0.2, 0.25) is 10.0 Å². The number of carbonyl (C=O) groups excluding carboxylic acids is 1. The first-order chi connectivity index (χ1) is 14.6. The normalized spacial score (nSPS) is 15.8. The molecule has 2 amide bonds. The molecule has 7 nitrogen and oxygen atoms in total. The molecule has 1 saturated heterocycles. The predicted octanol–water partition coefficient (Wildman–Crippen LogP) is 4.68. The zero-order valence-corrected chi connectivity index (χ0v) is 18.4. The molecule has 1 fully saturated rings. The largest absolute Gasteiger partial charge is 0.481 e. The third kappa shape index (κ3) is 5.48. The summed E-state index contributed by atoms with van der Waals surface area (Å²) >= 11 is 12.2. The maximum absolute atomic E-state index is 13.3. The molecule has 1 heterocycles. The number of hydrogen-bond donors (Lipinski definition) is 2. The smallest absolute Gasteiger partial charge is 0.324 e. The number of aliphatic carboxylic acids is 2. The van der Waals surface area contributed by atoms with Gasteiger partial charge in [0.05, 0.1) is 12.8 Å². The molecule has 0 radical (unpaired) electrons. The van der Waals surface area contributed by atoms with Crippen molar-refractivity contribution >= 4 is 46.9 Å². The van der Waals surface area contributed by atoms with Gasteiger partial charge in [-0.1, -0.05) is 47.0 Å². The summed E-state index contributed by atoms with van der Waals surface area (Å²) in [6, 6.07) is 11.8. The number of rotatable bonds is 7. The van der Waals surface area contributed by atoms with E-state index in [1.807, 2.05) is 19.1 Å². The summed E-state index contributed by atoms with van der Waals surface area (Å²) in [4.78, 5) is 39.5. The van der Waals surface area contributed by atoms with Crippen LogP contribution < -0.4 is 4.90 Å². The Morgan fingerprint density at radius 1 is 1.00 bits per heavy atom. The van der Waals surface area contributed by atoms with Gasteiger partial charge in [0.2, 0.25) is 0 Å². The van der Waals surface area contributed by atoms with Crippen molar-refractivity contribution in [2.75, 3.05) is 18.0 Å². The molecular formula is C22H22Cl2N2O5. The highest BCUT2D eigenvalue weighted by atomic mass is 35.5. The van der Waals surface area contributed by atoms with Crippen molar-refractivity contribution in [2.24, 2.45) is 5.41 Å². The van der Waals surface area contributed by atoms with Crippen molar-refractivity contribution < 1.29 is 24.6 Å². The van der Waals surface area contributed by atoms with E-state index < -0.39 is 17.4 Å². The highest BCUT2D eigenvalue weighted by molar-refractivity contribution is 6.35. The fourth-order valence-corrected chi connectivity index (χ4v) is 4.40. The lowest BCUT2D eigenvalue weighted by Gasteiger charge is -2.46. The fourth-order valence-electron chi connectivity index (χ4n) is 3.93. The average Bonchev–Trinajstić information content (AvgIpc) is 2.66. The monoisotopic (exact) mass is 464 g/mol. The summed E-state index contributed by atoms with van der Waals surface area (Å²) in [5, 5.41) is 19.8. The van der Waals surface area contributed by atoms with Gasteiger partial charge in [-0.25, -0.2) is 4.79 Å². The standard InChI is InChI=1S/C22H22Cl2N2O5/c1-14-2-6-17(7-3-14)26-13-22(9-19(27)28,10-20(29)30)12-25(21(26)31)11-15-4-5-16(23)8-18(15)24/h2-8H,9-13H2,1H3,(H,27,28)(H,29,30). The molecule has 1 aliphatic heterocycles. The van der Waals surface area contributed by atoms with E-state index in [1.54, 1.807) is 30.3 Å². The maximum atomic E-state index is 13.3. The van der Waals surface area contributed by atoms with Gasteiger partial charge in [0, 0.05) is 40.8 Å². The molecule has 0 aliphatic carbocycles. The predicted molar refractivity (Wildman–Crippen MR) is 118 cm³/mol. The Bertz CT molecular complexity index is 993. The van der Waals surface area contributed by atoms with Crippen LogP contribution in [0.4, 0.5) is 10.5 Å². The van der Waals surface area contributed by atoms with Crippen LogP contribution in [0.3, 0.4) is 0 Å². The second-order valence-corrected chi connectivity index (χ2v) is 8.78. The summed E-state index contributed by atoms with van der Waals surface area (Å²) in [6.45, 7) is 1.97. The number of anilines is 1. The number of hydrogen-bond acceptors (Lipinski definition) is 3. The summed E-state index contributed by atoms with van der Waals surface area (Å²) in [6.07, 6.45) is -0.778. The summed E-state index contributed by atoms with van der Waals surface area (Å²) in [5.41, 5.74) is 1.03. The highest BCUT2D eigenvalue weighted by Crippen LogP contribution is 2.37. The SMILES string of the molecule is Cc1ccc(N2CC(CC(=O)O)(CC(=O)O)CN(Cc3ccc(Cl)cc3Cl)C2=O)cc1. The van der Waals surface area contributed by atoms with E-state index >= 15 is 0 Å². The second-order valence-electron chi connectivity index (χ2n) is 7.94. The topological polar surface area (TPSA) is 98.2 Å². The minimum Gasteiger partial charge on any atom is -0.481 e. The van der Waals surface area contributed by atoms with E-state index in [1.165, 1.54) is 9.80 Å². The number of carboxylic acids is 2. The number of benzene rings is 2. The van der Waals surface area contributed by atoms with Gasteiger partial charge in [-0.2, -0.15) is 0 Å². The molecule has 164 valence electrons. The third-order valence-corrected chi connectivity index (χ3v) is 5.88. The molecular weight excluding hydrogens is 443 g/mol. The van der Waals surface area contributed by atoms with E-state index in [-0.39, 0.29) is 38.5 Å². The van der Waals surface area contributed by atoms with Crippen LogP contribution in [-0.2, 0) is 16.1 Å². The number of carboxylic acid groups (broad SMARTS) is 2. The van der Waals surface area contributed by atoms with Gasteiger partial charge in [0.25, 0.3) is 0 Å². The molecule has 0 saturated carbocycles. The van der Waals surface area contributed by atoms with Gasteiger partial charge < -0.3 is 15.1 Å². The molecule has 2 aromatic carbocycles. The Hall–Kier alpha value is -2.77. The number of nitrogens with zero attached hydrogens (tertiary/aromatic N) is 2. The van der Waals surface area contributed by atoms with Gasteiger partial charge in [-0.05, 0) is 36.8 Å². The highest BCUT2D eigenvalue weighted by Gasteiger charge is 2.46. The Kier molecular flexibility index (Phi) is 6.77. The number of amides is 2. The molecule has 3 rings (SSSR count). The minimum atomic E-state index is -1.17. The van der Waals surface area contributed by atoms with Crippen molar-refractivity contribution in [3.05, 3.63) is 63.6 Å². The van der Waals surface area contributed by atoms with Crippen molar-refractivity contribution in [3.8, 4) is 0 Å². The molecule has 31 heavy (non-hydrogen) atoms. The zero-order chi connectivity index (χ0) is 22.8. The molecule has 0 spiro atoms. The fraction of sp³-hybridized carbons (Fsp3) is 0.318.